The molecule has 0 aliphatic carbocycles. The van der Waals surface area contributed by atoms with Gasteiger partial charge in [0.25, 0.3) is 5.22 Å². The van der Waals surface area contributed by atoms with Gasteiger partial charge in [-0.15, -0.1) is 0 Å². The number of thioether (sulfide) groups is 1. The molecule has 4 rings (SSSR count). The quantitative estimate of drug-likeness (QED) is 0.335. The van der Waals surface area contributed by atoms with Gasteiger partial charge in [0.05, 0.1) is 0 Å². The summed E-state index contributed by atoms with van der Waals surface area (Å²) in [5.74, 6) is -0.736. The number of nitrogens with zero attached hydrogens (tertiary/aromatic N) is 2. The number of hydrogen-bond acceptors (Lipinski definition) is 7. The van der Waals surface area contributed by atoms with E-state index in [2.05, 4.69) is 4.98 Å². The number of ketones is 1. The summed E-state index contributed by atoms with van der Waals surface area (Å²) in [5, 5.41) is 0.376. The molecule has 1 fully saturated rings. The Morgan fingerprint density at radius 1 is 1.14 bits per heavy atom. The van der Waals surface area contributed by atoms with Crippen LogP contribution in [-0.4, -0.2) is 41.5 Å². The Kier molecular flexibility index (Phi) is 5.62. The number of benzene rings is 2. The van der Waals surface area contributed by atoms with E-state index in [0.717, 1.165) is 29.4 Å². The van der Waals surface area contributed by atoms with Crippen LogP contribution >= 0.6 is 11.8 Å². The summed E-state index contributed by atoms with van der Waals surface area (Å²) in [4.78, 5) is 41.9. The summed E-state index contributed by atoms with van der Waals surface area (Å²) in [5.41, 5.74) is 2.57. The van der Waals surface area contributed by atoms with Crippen LogP contribution in [0.2, 0.25) is 0 Å². The zero-order chi connectivity index (χ0) is 20.2. The number of ether oxygens (including phenoxy) is 1. The Hall–Kier alpha value is -3.13. The van der Waals surface area contributed by atoms with Gasteiger partial charge in [0.1, 0.15) is 11.3 Å². The molecule has 7 nitrogen and oxygen atoms in total. The van der Waals surface area contributed by atoms with Crippen LogP contribution in [0.3, 0.4) is 0 Å². The molecular weight excluding hydrogens is 392 g/mol. The fourth-order valence-electron chi connectivity index (χ4n) is 3.05. The first kappa shape index (κ1) is 19.2. The van der Waals surface area contributed by atoms with Crippen LogP contribution in [0, 0.1) is 0 Å². The maximum Gasteiger partial charge on any atom is 0.316 e. The fraction of sp³-hybridized carbons (Fsp3) is 0.238. The first-order chi connectivity index (χ1) is 14.1. The minimum atomic E-state index is -0.523. The van der Waals surface area contributed by atoms with E-state index < -0.39 is 5.97 Å². The molecule has 1 saturated heterocycles. The Bertz CT molecular complexity index is 1030. The van der Waals surface area contributed by atoms with Crippen molar-refractivity contribution in [3.8, 4) is 0 Å². The van der Waals surface area contributed by atoms with Crippen LogP contribution in [-0.2, 0) is 14.3 Å². The lowest BCUT2D eigenvalue weighted by Crippen LogP contribution is -2.23. The maximum absolute atomic E-state index is 12.2. The molecule has 1 aliphatic heterocycles. The van der Waals surface area contributed by atoms with Crippen molar-refractivity contribution in [3.63, 3.8) is 0 Å². The summed E-state index contributed by atoms with van der Waals surface area (Å²) >= 11 is 1.12. The van der Waals surface area contributed by atoms with Gasteiger partial charge in [-0.25, -0.2) is 4.98 Å². The van der Waals surface area contributed by atoms with E-state index in [1.807, 2.05) is 18.2 Å². The Balaban J connectivity index is 1.26. The van der Waals surface area contributed by atoms with Crippen LogP contribution in [0.1, 0.15) is 23.2 Å². The van der Waals surface area contributed by atoms with Crippen molar-refractivity contribution in [1.29, 1.82) is 0 Å². The number of carbonyl (C=O) groups excluding carboxylic acids is 3. The summed E-state index contributed by atoms with van der Waals surface area (Å²) in [7, 11) is 0. The van der Waals surface area contributed by atoms with Crippen molar-refractivity contribution in [2.45, 2.75) is 18.1 Å². The monoisotopic (exact) mass is 410 g/mol. The lowest BCUT2D eigenvalue weighted by molar-refractivity contribution is -0.139. The van der Waals surface area contributed by atoms with Crippen molar-refractivity contribution in [2.24, 2.45) is 0 Å². The predicted octanol–water partition coefficient (Wildman–Crippen LogP) is 3.47. The van der Waals surface area contributed by atoms with E-state index in [-0.39, 0.29) is 24.1 Å². The van der Waals surface area contributed by atoms with Gasteiger partial charge in [-0.2, -0.15) is 0 Å². The minimum absolute atomic E-state index is 0.00386. The first-order valence-electron chi connectivity index (χ1n) is 9.18. The number of Topliss-reactive ketones (excluding diaryl/α,β-unsaturated/α-hetero) is 1. The molecule has 2 heterocycles. The number of anilines is 1. The summed E-state index contributed by atoms with van der Waals surface area (Å²) in [6, 6.07) is 14.1. The standard InChI is InChI=1S/C21H18N2O5S/c24-17(14-7-9-15(10-8-14)23-11-3-6-19(23)25)12-27-20(26)13-29-21-22-16-4-1-2-5-18(16)28-21/h1-2,4-5,7-10H,3,6,11-13H2. The van der Waals surface area contributed by atoms with Crippen molar-refractivity contribution < 1.29 is 23.5 Å². The molecule has 148 valence electrons. The van der Waals surface area contributed by atoms with Crippen molar-refractivity contribution in [2.75, 3.05) is 23.8 Å². The van der Waals surface area contributed by atoms with Gasteiger partial charge in [-0.1, -0.05) is 23.9 Å². The van der Waals surface area contributed by atoms with Crippen molar-refractivity contribution in [3.05, 3.63) is 54.1 Å². The molecule has 0 radical (unpaired) electrons. The smallest absolute Gasteiger partial charge is 0.316 e. The normalized spacial score (nSPS) is 13.8. The Morgan fingerprint density at radius 3 is 2.66 bits per heavy atom. The van der Waals surface area contributed by atoms with Gasteiger partial charge >= 0.3 is 5.97 Å². The van der Waals surface area contributed by atoms with Crippen LogP contribution in [0.4, 0.5) is 5.69 Å². The summed E-state index contributed by atoms with van der Waals surface area (Å²) in [6.45, 7) is 0.358. The van der Waals surface area contributed by atoms with E-state index >= 15 is 0 Å². The molecule has 0 bridgehead atoms. The number of esters is 1. The second kappa shape index (κ2) is 8.48. The third-order valence-electron chi connectivity index (χ3n) is 4.53. The summed E-state index contributed by atoms with van der Waals surface area (Å²) < 4.78 is 10.6. The molecular formula is C21H18N2O5S. The highest BCUT2D eigenvalue weighted by molar-refractivity contribution is 7.99. The third kappa shape index (κ3) is 4.48. The number of para-hydroxylation sites is 2. The van der Waals surface area contributed by atoms with Crippen LogP contribution in [0.25, 0.3) is 11.1 Å². The highest BCUT2D eigenvalue weighted by Gasteiger charge is 2.21. The van der Waals surface area contributed by atoms with Gasteiger partial charge in [0.15, 0.2) is 18.0 Å². The van der Waals surface area contributed by atoms with Gasteiger partial charge in [0, 0.05) is 24.2 Å². The maximum atomic E-state index is 12.2. The van der Waals surface area contributed by atoms with E-state index in [4.69, 9.17) is 9.15 Å². The largest absolute Gasteiger partial charge is 0.457 e. The molecule has 3 aromatic rings. The average molecular weight is 410 g/mol. The van der Waals surface area contributed by atoms with Gasteiger partial charge in [-0.05, 0) is 42.8 Å². The second-order valence-corrected chi connectivity index (χ2v) is 7.44. The zero-order valence-corrected chi connectivity index (χ0v) is 16.3. The lowest BCUT2D eigenvalue weighted by Gasteiger charge is -2.15. The van der Waals surface area contributed by atoms with Gasteiger partial charge < -0.3 is 14.1 Å². The Labute approximate surface area is 171 Å². The van der Waals surface area contributed by atoms with Crippen LogP contribution in [0.15, 0.2) is 58.2 Å². The molecule has 0 N–H and O–H groups in total. The molecule has 0 spiro atoms. The van der Waals surface area contributed by atoms with Crippen LogP contribution in [0.5, 0.6) is 0 Å². The van der Waals surface area contributed by atoms with Gasteiger partial charge in [-0.3, -0.25) is 14.4 Å². The van der Waals surface area contributed by atoms with Crippen LogP contribution < -0.4 is 4.90 Å². The number of hydrogen-bond donors (Lipinski definition) is 0. The fourth-order valence-corrected chi connectivity index (χ4v) is 3.69. The highest BCUT2D eigenvalue weighted by atomic mass is 32.2. The zero-order valence-electron chi connectivity index (χ0n) is 15.5. The summed E-state index contributed by atoms with van der Waals surface area (Å²) in [6.07, 6.45) is 1.40. The molecule has 8 heteroatoms. The molecule has 0 saturated carbocycles. The SMILES string of the molecule is O=C(CSc1nc2ccccc2o1)OCC(=O)c1ccc(N2CCCC2=O)cc1. The number of amides is 1. The predicted molar refractivity (Wildman–Crippen MR) is 108 cm³/mol. The second-order valence-electron chi connectivity index (χ2n) is 6.52. The van der Waals surface area contributed by atoms with E-state index in [1.54, 1.807) is 35.2 Å². The van der Waals surface area contributed by atoms with E-state index in [0.29, 0.717) is 29.3 Å². The lowest BCUT2D eigenvalue weighted by atomic mass is 10.1. The molecule has 0 atom stereocenters. The molecule has 29 heavy (non-hydrogen) atoms. The number of oxazole rings is 1. The highest BCUT2D eigenvalue weighted by Crippen LogP contribution is 2.23. The van der Waals surface area contributed by atoms with E-state index in [1.165, 1.54) is 0 Å². The number of carbonyl (C=O) groups is 3. The first-order valence-corrected chi connectivity index (χ1v) is 10.2. The Morgan fingerprint density at radius 2 is 1.93 bits per heavy atom. The molecule has 1 aliphatic rings. The third-order valence-corrected chi connectivity index (χ3v) is 5.33. The van der Waals surface area contributed by atoms with Gasteiger partial charge in [0.2, 0.25) is 5.91 Å². The van der Waals surface area contributed by atoms with Crippen molar-refractivity contribution in [1.82, 2.24) is 4.98 Å². The number of rotatable bonds is 7. The molecule has 1 aromatic heterocycles. The molecule has 0 unspecified atom stereocenters. The molecule has 1 amide bonds. The average Bonchev–Trinajstić information content (AvgIpc) is 3.36. The minimum Gasteiger partial charge on any atom is -0.457 e. The number of fused-ring (bicyclic) bond motifs is 1. The molecule has 2 aromatic carbocycles. The number of aromatic nitrogens is 1. The van der Waals surface area contributed by atoms with E-state index in [9.17, 15) is 14.4 Å². The topological polar surface area (TPSA) is 89.7 Å². The van der Waals surface area contributed by atoms with Crippen molar-refractivity contribution >= 4 is 46.2 Å².